The second kappa shape index (κ2) is 5.01. The number of aromatic nitrogens is 1. The van der Waals surface area contributed by atoms with Crippen molar-refractivity contribution in [2.45, 2.75) is 6.42 Å². The van der Waals surface area contributed by atoms with Crippen molar-refractivity contribution in [3.05, 3.63) is 58.9 Å². The van der Waals surface area contributed by atoms with Crippen LogP contribution < -0.4 is 0 Å². The minimum absolute atomic E-state index is 0.0695. The van der Waals surface area contributed by atoms with Crippen LogP contribution in [-0.2, 0) is 6.42 Å². The first kappa shape index (κ1) is 12.9. The molecular formula is C13H9F2NO3. The van der Waals surface area contributed by atoms with Crippen LogP contribution in [0.3, 0.4) is 0 Å². The number of hydrogen-bond donors (Lipinski definition) is 2. The number of aromatic amines is 1. The number of carboxylic acid groups (broad SMARTS) is 1. The van der Waals surface area contributed by atoms with E-state index in [-0.39, 0.29) is 16.8 Å². The number of carboxylic acids is 1. The third kappa shape index (κ3) is 2.67. The second-order valence-corrected chi connectivity index (χ2v) is 3.91. The Bertz CT molecular complexity index is 629. The smallest absolute Gasteiger partial charge is 0.352 e. The number of carbonyl (C=O) groups is 2. The fourth-order valence-electron chi connectivity index (χ4n) is 1.64. The molecule has 0 aliphatic heterocycles. The summed E-state index contributed by atoms with van der Waals surface area (Å²) in [5, 5.41) is 8.70. The lowest BCUT2D eigenvalue weighted by molar-refractivity contribution is 0.0691. The van der Waals surface area contributed by atoms with Crippen molar-refractivity contribution in [3.8, 4) is 0 Å². The van der Waals surface area contributed by atoms with E-state index in [0.717, 1.165) is 18.2 Å². The van der Waals surface area contributed by atoms with Gasteiger partial charge in [0.25, 0.3) is 0 Å². The minimum Gasteiger partial charge on any atom is -0.477 e. The number of benzene rings is 1. The Morgan fingerprint density at radius 1 is 1.21 bits per heavy atom. The van der Waals surface area contributed by atoms with E-state index in [2.05, 4.69) is 4.98 Å². The van der Waals surface area contributed by atoms with E-state index in [4.69, 9.17) is 5.11 Å². The van der Waals surface area contributed by atoms with Gasteiger partial charge in [-0.25, -0.2) is 13.6 Å². The van der Waals surface area contributed by atoms with Crippen LogP contribution in [0.2, 0.25) is 0 Å². The van der Waals surface area contributed by atoms with Crippen LogP contribution in [0.5, 0.6) is 0 Å². The number of Topliss-reactive ketones (excluding diaryl/α,β-unsaturated/α-hetero) is 1. The average molecular weight is 265 g/mol. The first-order chi connectivity index (χ1) is 8.99. The van der Waals surface area contributed by atoms with Crippen molar-refractivity contribution in [1.29, 1.82) is 0 Å². The summed E-state index contributed by atoms with van der Waals surface area (Å²) in [4.78, 5) is 24.8. The molecule has 0 spiro atoms. The van der Waals surface area contributed by atoms with Crippen LogP contribution >= 0.6 is 0 Å². The van der Waals surface area contributed by atoms with E-state index >= 15 is 0 Å². The molecule has 0 aliphatic rings. The molecule has 0 radical (unpaired) electrons. The van der Waals surface area contributed by atoms with Gasteiger partial charge in [-0.1, -0.05) is 6.07 Å². The molecular weight excluding hydrogens is 256 g/mol. The van der Waals surface area contributed by atoms with E-state index in [1.54, 1.807) is 0 Å². The third-order valence-corrected chi connectivity index (χ3v) is 2.63. The molecule has 6 heteroatoms. The Morgan fingerprint density at radius 3 is 2.37 bits per heavy atom. The van der Waals surface area contributed by atoms with Gasteiger partial charge in [-0.2, -0.15) is 0 Å². The highest BCUT2D eigenvalue weighted by atomic mass is 19.1. The van der Waals surface area contributed by atoms with Gasteiger partial charge in [0.05, 0.1) is 0 Å². The standard InChI is InChI=1S/C13H9F2NO3/c14-9-2-1-3-10(15)8(9)5-12(17)7-4-11(13(18)19)16-6-7/h1-4,6,16H,5H2,(H,18,19). The summed E-state index contributed by atoms with van der Waals surface area (Å²) >= 11 is 0. The number of H-pyrrole nitrogens is 1. The number of carbonyl (C=O) groups excluding carboxylic acids is 1. The molecule has 0 amide bonds. The molecule has 4 nitrogen and oxygen atoms in total. The molecule has 1 heterocycles. The molecule has 0 unspecified atom stereocenters. The number of nitrogens with one attached hydrogen (secondary N) is 1. The highest BCUT2D eigenvalue weighted by molar-refractivity contribution is 5.99. The molecule has 0 fully saturated rings. The number of ketones is 1. The van der Waals surface area contributed by atoms with Crippen molar-refractivity contribution < 1.29 is 23.5 Å². The maximum absolute atomic E-state index is 13.4. The van der Waals surface area contributed by atoms with E-state index in [1.165, 1.54) is 12.3 Å². The lowest BCUT2D eigenvalue weighted by Gasteiger charge is -2.02. The Labute approximate surface area is 106 Å². The molecule has 0 aliphatic carbocycles. The van der Waals surface area contributed by atoms with Crippen molar-refractivity contribution >= 4 is 11.8 Å². The molecule has 0 saturated carbocycles. The van der Waals surface area contributed by atoms with Crippen LogP contribution in [-0.4, -0.2) is 21.8 Å². The summed E-state index contributed by atoms with van der Waals surface area (Å²) in [6.45, 7) is 0. The first-order valence-corrected chi connectivity index (χ1v) is 5.37. The van der Waals surface area contributed by atoms with Gasteiger partial charge in [0, 0.05) is 23.7 Å². The Balaban J connectivity index is 2.23. The fraction of sp³-hybridized carbons (Fsp3) is 0.0769. The third-order valence-electron chi connectivity index (χ3n) is 2.63. The second-order valence-electron chi connectivity index (χ2n) is 3.91. The summed E-state index contributed by atoms with van der Waals surface area (Å²) in [5.74, 6) is -3.38. The normalized spacial score (nSPS) is 10.4. The largest absolute Gasteiger partial charge is 0.477 e. The predicted molar refractivity (Wildman–Crippen MR) is 62.1 cm³/mol. The summed E-state index contributed by atoms with van der Waals surface area (Å²) < 4.78 is 26.7. The lowest BCUT2D eigenvalue weighted by Crippen LogP contribution is -2.06. The van der Waals surface area contributed by atoms with Crippen molar-refractivity contribution in [2.75, 3.05) is 0 Å². The lowest BCUT2D eigenvalue weighted by atomic mass is 10.0. The van der Waals surface area contributed by atoms with Gasteiger partial charge in [0.2, 0.25) is 0 Å². The quantitative estimate of drug-likeness (QED) is 0.834. The zero-order chi connectivity index (χ0) is 14.0. The average Bonchev–Trinajstić information content (AvgIpc) is 2.83. The van der Waals surface area contributed by atoms with Crippen LogP contribution in [0.25, 0.3) is 0 Å². The van der Waals surface area contributed by atoms with Gasteiger partial charge in [0.15, 0.2) is 5.78 Å². The fourth-order valence-corrected chi connectivity index (χ4v) is 1.64. The molecule has 19 heavy (non-hydrogen) atoms. The van der Waals surface area contributed by atoms with E-state index in [1.807, 2.05) is 0 Å². The van der Waals surface area contributed by atoms with Crippen LogP contribution in [0.4, 0.5) is 8.78 Å². The van der Waals surface area contributed by atoms with Crippen molar-refractivity contribution in [1.82, 2.24) is 4.98 Å². The summed E-state index contributed by atoms with van der Waals surface area (Å²) in [7, 11) is 0. The summed E-state index contributed by atoms with van der Waals surface area (Å²) in [6.07, 6.45) is 0.736. The topological polar surface area (TPSA) is 70.2 Å². The van der Waals surface area contributed by atoms with Crippen molar-refractivity contribution in [2.24, 2.45) is 0 Å². The summed E-state index contributed by atoms with van der Waals surface area (Å²) in [5.41, 5.74) is -0.414. The number of hydrogen-bond acceptors (Lipinski definition) is 2. The zero-order valence-corrected chi connectivity index (χ0v) is 9.61. The Kier molecular flexibility index (Phi) is 3.41. The Morgan fingerprint density at radius 2 is 1.84 bits per heavy atom. The molecule has 0 bridgehead atoms. The molecule has 0 saturated heterocycles. The van der Waals surface area contributed by atoms with Crippen molar-refractivity contribution in [3.63, 3.8) is 0 Å². The van der Waals surface area contributed by atoms with Crippen LogP contribution in [0.15, 0.2) is 30.5 Å². The first-order valence-electron chi connectivity index (χ1n) is 5.37. The number of rotatable bonds is 4. The van der Waals surface area contributed by atoms with Gasteiger partial charge >= 0.3 is 5.97 Å². The van der Waals surface area contributed by atoms with Crippen LogP contribution in [0.1, 0.15) is 26.4 Å². The molecule has 2 aromatic rings. The predicted octanol–water partition coefficient (Wildman–Crippen LogP) is 2.42. The molecule has 1 aromatic heterocycles. The molecule has 0 atom stereocenters. The van der Waals surface area contributed by atoms with Gasteiger partial charge in [-0.15, -0.1) is 0 Å². The van der Waals surface area contributed by atoms with Gasteiger partial charge in [-0.3, -0.25) is 4.79 Å². The van der Waals surface area contributed by atoms with E-state index < -0.39 is 29.8 Å². The molecule has 98 valence electrons. The Hall–Kier alpha value is -2.50. The number of aromatic carboxylic acids is 1. The highest BCUT2D eigenvalue weighted by Gasteiger charge is 2.16. The van der Waals surface area contributed by atoms with Gasteiger partial charge < -0.3 is 10.1 Å². The summed E-state index contributed by atoms with van der Waals surface area (Å²) in [6, 6.07) is 4.46. The maximum Gasteiger partial charge on any atom is 0.352 e. The monoisotopic (exact) mass is 265 g/mol. The molecule has 2 rings (SSSR count). The minimum atomic E-state index is -1.21. The van der Waals surface area contributed by atoms with E-state index in [9.17, 15) is 18.4 Å². The maximum atomic E-state index is 13.4. The molecule has 1 aromatic carbocycles. The van der Waals surface area contributed by atoms with Gasteiger partial charge in [0.1, 0.15) is 17.3 Å². The highest BCUT2D eigenvalue weighted by Crippen LogP contribution is 2.15. The molecule has 2 N–H and O–H groups in total. The van der Waals surface area contributed by atoms with Gasteiger partial charge in [-0.05, 0) is 18.2 Å². The van der Waals surface area contributed by atoms with Crippen LogP contribution in [0, 0.1) is 11.6 Å². The van der Waals surface area contributed by atoms with E-state index in [0.29, 0.717) is 0 Å². The zero-order valence-electron chi connectivity index (χ0n) is 9.61. The number of halogens is 2. The SMILES string of the molecule is O=C(Cc1c(F)cccc1F)c1c[nH]c(C(=O)O)c1.